The Kier molecular flexibility index (Phi) is 1.43. The van der Waals surface area contributed by atoms with E-state index < -0.39 is 0 Å². The van der Waals surface area contributed by atoms with Crippen molar-refractivity contribution in [3.8, 4) is 0 Å². The predicted octanol–water partition coefficient (Wildman–Crippen LogP) is 3.03. The van der Waals surface area contributed by atoms with Crippen molar-refractivity contribution in [3.63, 3.8) is 0 Å². The lowest BCUT2D eigenvalue weighted by molar-refractivity contribution is 0.145. The first-order valence-electron chi connectivity index (χ1n) is 5.47. The second-order valence-corrected chi connectivity index (χ2v) is 4.06. The topological polar surface area (TPSA) is 18.5 Å². The fourth-order valence-corrected chi connectivity index (χ4v) is 2.54. The van der Waals surface area contributed by atoms with E-state index in [0.29, 0.717) is 13.2 Å². The van der Waals surface area contributed by atoms with Crippen molar-refractivity contribution in [3.05, 3.63) is 47.5 Å². The smallest absolute Gasteiger partial charge is 0.169 e. The molecular weight excluding hydrogens is 200 g/mol. The van der Waals surface area contributed by atoms with Gasteiger partial charge in [-0.3, -0.25) is 0 Å². The van der Waals surface area contributed by atoms with Gasteiger partial charge in [-0.15, -0.1) is 0 Å². The largest absolute Gasteiger partial charge is 0.485 e. The third kappa shape index (κ3) is 0.871. The van der Waals surface area contributed by atoms with E-state index in [0.717, 1.165) is 11.5 Å². The lowest BCUT2D eigenvalue weighted by Crippen LogP contribution is -2.09. The fourth-order valence-electron chi connectivity index (χ4n) is 2.54. The van der Waals surface area contributed by atoms with Crippen LogP contribution in [-0.2, 0) is 9.47 Å². The Balaban J connectivity index is 2.16. The Morgan fingerprint density at radius 2 is 1.31 bits per heavy atom. The van der Waals surface area contributed by atoms with Gasteiger partial charge in [0.15, 0.2) is 11.5 Å². The SMILES string of the molecule is c1cc2c3c(cccc3c1)C1=C2OCCO1. The summed E-state index contributed by atoms with van der Waals surface area (Å²) in [6.07, 6.45) is 0. The Labute approximate surface area is 93.1 Å². The molecule has 16 heavy (non-hydrogen) atoms. The second kappa shape index (κ2) is 2.79. The summed E-state index contributed by atoms with van der Waals surface area (Å²) < 4.78 is 11.5. The summed E-state index contributed by atoms with van der Waals surface area (Å²) in [6, 6.07) is 12.6. The lowest BCUT2D eigenvalue weighted by atomic mass is 10.0. The summed E-state index contributed by atoms with van der Waals surface area (Å²) >= 11 is 0. The molecule has 0 N–H and O–H groups in total. The molecule has 0 spiro atoms. The van der Waals surface area contributed by atoms with Gasteiger partial charge in [0.25, 0.3) is 0 Å². The van der Waals surface area contributed by atoms with Gasteiger partial charge < -0.3 is 9.47 Å². The minimum Gasteiger partial charge on any atom is -0.485 e. The maximum atomic E-state index is 5.73. The van der Waals surface area contributed by atoms with Crippen molar-refractivity contribution in [2.45, 2.75) is 0 Å². The molecule has 2 aromatic carbocycles. The van der Waals surface area contributed by atoms with E-state index in [-0.39, 0.29) is 0 Å². The molecule has 0 aromatic heterocycles. The van der Waals surface area contributed by atoms with Crippen LogP contribution >= 0.6 is 0 Å². The highest BCUT2D eigenvalue weighted by Gasteiger charge is 2.28. The highest BCUT2D eigenvalue weighted by atomic mass is 16.6. The standard InChI is InChI=1S/C14H10O2/c1-3-9-4-2-6-11-12(9)10(5-1)13-14(11)16-8-7-15-13/h1-6H,7-8H2. The van der Waals surface area contributed by atoms with Crippen LogP contribution in [0.3, 0.4) is 0 Å². The molecule has 0 atom stereocenters. The predicted molar refractivity (Wildman–Crippen MR) is 62.7 cm³/mol. The normalized spacial score (nSPS) is 17.0. The number of fused-ring (bicyclic) bond motifs is 2. The monoisotopic (exact) mass is 210 g/mol. The molecule has 1 heterocycles. The van der Waals surface area contributed by atoms with Crippen LogP contribution in [0, 0.1) is 0 Å². The first-order valence-corrected chi connectivity index (χ1v) is 5.47. The summed E-state index contributed by atoms with van der Waals surface area (Å²) in [6.45, 7) is 1.28. The molecule has 2 aliphatic rings. The van der Waals surface area contributed by atoms with E-state index in [1.54, 1.807) is 0 Å². The number of rotatable bonds is 0. The molecule has 2 aromatic rings. The van der Waals surface area contributed by atoms with E-state index in [1.807, 2.05) is 0 Å². The number of benzene rings is 2. The zero-order chi connectivity index (χ0) is 10.5. The highest BCUT2D eigenvalue weighted by molar-refractivity contribution is 6.10. The molecule has 0 unspecified atom stereocenters. The Bertz CT molecular complexity index is 575. The average Bonchev–Trinajstić information content (AvgIpc) is 2.68. The summed E-state index contributed by atoms with van der Waals surface area (Å²) in [4.78, 5) is 0. The molecule has 78 valence electrons. The quantitative estimate of drug-likeness (QED) is 0.665. The molecule has 2 nitrogen and oxygen atoms in total. The van der Waals surface area contributed by atoms with Crippen LogP contribution in [0.5, 0.6) is 0 Å². The summed E-state index contributed by atoms with van der Waals surface area (Å²) in [5.41, 5.74) is 2.34. The second-order valence-electron chi connectivity index (χ2n) is 4.06. The van der Waals surface area contributed by atoms with Gasteiger partial charge in [0.1, 0.15) is 13.2 Å². The minimum absolute atomic E-state index is 0.642. The Morgan fingerprint density at radius 3 is 1.88 bits per heavy atom. The third-order valence-electron chi connectivity index (χ3n) is 3.18. The third-order valence-corrected chi connectivity index (χ3v) is 3.18. The minimum atomic E-state index is 0.642. The van der Waals surface area contributed by atoms with E-state index in [1.165, 1.54) is 21.9 Å². The van der Waals surface area contributed by atoms with Gasteiger partial charge in [-0.25, -0.2) is 0 Å². The lowest BCUT2D eigenvalue weighted by Gasteiger charge is -2.17. The van der Waals surface area contributed by atoms with E-state index in [9.17, 15) is 0 Å². The molecule has 0 saturated heterocycles. The molecular formula is C14H10O2. The van der Waals surface area contributed by atoms with Crippen LogP contribution in [-0.4, -0.2) is 13.2 Å². The van der Waals surface area contributed by atoms with Gasteiger partial charge in [-0.2, -0.15) is 0 Å². The number of ether oxygens (including phenoxy) is 2. The molecule has 0 saturated carbocycles. The van der Waals surface area contributed by atoms with E-state index in [2.05, 4.69) is 36.4 Å². The first-order chi connectivity index (χ1) is 7.95. The van der Waals surface area contributed by atoms with Gasteiger partial charge >= 0.3 is 0 Å². The van der Waals surface area contributed by atoms with Gasteiger partial charge in [0, 0.05) is 16.5 Å². The van der Waals surface area contributed by atoms with Crippen LogP contribution in [0.1, 0.15) is 11.1 Å². The Morgan fingerprint density at radius 1 is 0.750 bits per heavy atom. The molecule has 1 aliphatic heterocycles. The summed E-state index contributed by atoms with van der Waals surface area (Å²) in [7, 11) is 0. The maximum absolute atomic E-state index is 5.73. The Hall–Kier alpha value is -1.96. The van der Waals surface area contributed by atoms with Crippen LogP contribution in [0.25, 0.3) is 22.3 Å². The van der Waals surface area contributed by atoms with Crippen molar-refractivity contribution in [2.24, 2.45) is 0 Å². The van der Waals surface area contributed by atoms with Crippen molar-refractivity contribution in [1.29, 1.82) is 0 Å². The van der Waals surface area contributed by atoms with Crippen molar-refractivity contribution in [2.75, 3.05) is 13.2 Å². The van der Waals surface area contributed by atoms with Gasteiger partial charge in [0.2, 0.25) is 0 Å². The molecule has 0 bridgehead atoms. The summed E-state index contributed by atoms with van der Waals surface area (Å²) in [5, 5.41) is 2.51. The molecule has 0 radical (unpaired) electrons. The fraction of sp³-hybridized carbons (Fsp3) is 0.143. The molecule has 2 heteroatoms. The van der Waals surface area contributed by atoms with Gasteiger partial charge in [-0.1, -0.05) is 36.4 Å². The van der Waals surface area contributed by atoms with Crippen LogP contribution < -0.4 is 0 Å². The highest BCUT2D eigenvalue weighted by Crippen LogP contribution is 2.44. The van der Waals surface area contributed by atoms with E-state index in [4.69, 9.17) is 9.47 Å². The zero-order valence-electron chi connectivity index (χ0n) is 8.69. The number of hydrogen-bond donors (Lipinski definition) is 0. The van der Waals surface area contributed by atoms with E-state index >= 15 is 0 Å². The first kappa shape index (κ1) is 8.22. The maximum Gasteiger partial charge on any atom is 0.169 e. The molecule has 4 rings (SSSR count). The van der Waals surface area contributed by atoms with Crippen LogP contribution in [0.15, 0.2) is 36.4 Å². The summed E-state index contributed by atoms with van der Waals surface area (Å²) in [5.74, 6) is 1.83. The zero-order valence-corrected chi connectivity index (χ0v) is 8.69. The molecule has 0 amide bonds. The van der Waals surface area contributed by atoms with Gasteiger partial charge in [0.05, 0.1) is 0 Å². The van der Waals surface area contributed by atoms with Crippen molar-refractivity contribution >= 4 is 22.3 Å². The molecule has 1 aliphatic carbocycles. The molecule has 0 fully saturated rings. The van der Waals surface area contributed by atoms with Crippen molar-refractivity contribution in [1.82, 2.24) is 0 Å². The van der Waals surface area contributed by atoms with Crippen molar-refractivity contribution < 1.29 is 9.47 Å². The van der Waals surface area contributed by atoms with Crippen LogP contribution in [0.2, 0.25) is 0 Å². The van der Waals surface area contributed by atoms with Crippen LogP contribution in [0.4, 0.5) is 0 Å². The number of hydrogen-bond acceptors (Lipinski definition) is 2. The average molecular weight is 210 g/mol. The van der Waals surface area contributed by atoms with Gasteiger partial charge in [-0.05, 0) is 5.39 Å².